The van der Waals surface area contributed by atoms with Crippen molar-refractivity contribution in [2.45, 2.75) is 24.1 Å². The Morgan fingerprint density at radius 2 is 2.15 bits per heavy atom. The molecule has 9 heteroatoms. The zero-order chi connectivity index (χ0) is 18.7. The zero-order valence-corrected chi connectivity index (χ0v) is 15.7. The van der Waals surface area contributed by atoms with Gasteiger partial charge >= 0.3 is 0 Å². The van der Waals surface area contributed by atoms with E-state index in [9.17, 15) is 18.5 Å². The van der Waals surface area contributed by atoms with Gasteiger partial charge in [-0.2, -0.15) is 9.57 Å². The molecule has 7 nitrogen and oxygen atoms in total. The number of sulfonamides is 1. The number of piperidine rings is 1. The number of rotatable bonds is 3. The molecule has 140 valence electrons. The van der Waals surface area contributed by atoms with E-state index in [4.69, 9.17) is 16.3 Å². The summed E-state index contributed by atoms with van der Waals surface area (Å²) in [6, 6.07) is 7.80. The van der Waals surface area contributed by atoms with Crippen molar-refractivity contribution in [2.75, 3.05) is 32.8 Å². The first-order valence-electron chi connectivity index (χ1n) is 8.46. The molecule has 0 aromatic heterocycles. The first kappa shape index (κ1) is 19.1. The molecule has 26 heavy (non-hydrogen) atoms. The highest BCUT2D eigenvalue weighted by atomic mass is 35.5. The van der Waals surface area contributed by atoms with E-state index >= 15 is 0 Å². The molecule has 2 aliphatic heterocycles. The number of halogens is 1. The highest BCUT2D eigenvalue weighted by Crippen LogP contribution is 2.25. The van der Waals surface area contributed by atoms with E-state index in [2.05, 4.69) is 0 Å². The number of nitrogens with zero attached hydrogens (tertiary/aromatic N) is 3. The molecular formula is C17H20ClN3O4S. The summed E-state index contributed by atoms with van der Waals surface area (Å²) in [5.74, 6) is -0.230. The topological polar surface area (TPSA) is 90.7 Å². The normalized spacial score (nSPS) is 24.8. The minimum Gasteiger partial charge on any atom is -0.377 e. The molecule has 0 saturated carbocycles. The first-order chi connectivity index (χ1) is 12.4. The Morgan fingerprint density at radius 3 is 2.88 bits per heavy atom. The Hall–Kier alpha value is -1.66. The van der Waals surface area contributed by atoms with E-state index in [0.29, 0.717) is 30.0 Å². The molecule has 2 heterocycles. The van der Waals surface area contributed by atoms with Gasteiger partial charge in [0, 0.05) is 30.2 Å². The van der Waals surface area contributed by atoms with Crippen molar-refractivity contribution in [2.24, 2.45) is 0 Å². The van der Waals surface area contributed by atoms with Crippen LogP contribution in [0.4, 0.5) is 0 Å². The molecule has 1 amide bonds. The van der Waals surface area contributed by atoms with Crippen LogP contribution in [-0.2, 0) is 14.8 Å². The maximum atomic E-state index is 13.0. The van der Waals surface area contributed by atoms with Gasteiger partial charge in [0.2, 0.25) is 10.0 Å². The molecule has 2 atom stereocenters. The van der Waals surface area contributed by atoms with Gasteiger partial charge in [0.15, 0.2) is 0 Å². The van der Waals surface area contributed by atoms with Crippen molar-refractivity contribution in [1.82, 2.24) is 9.21 Å². The van der Waals surface area contributed by atoms with Crippen LogP contribution in [-0.4, -0.2) is 67.7 Å². The second-order valence-electron chi connectivity index (χ2n) is 6.40. The fraction of sp³-hybridized carbons (Fsp3) is 0.529. The monoisotopic (exact) mass is 397 g/mol. The number of morpholine rings is 1. The molecule has 0 bridgehead atoms. The molecule has 2 unspecified atom stereocenters. The predicted octanol–water partition coefficient (Wildman–Crippen LogP) is 1.50. The van der Waals surface area contributed by atoms with Gasteiger partial charge in [-0.15, -0.1) is 0 Å². The van der Waals surface area contributed by atoms with Crippen molar-refractivity contribution in [1.29, 1.82) is 5.26 Å². The largest absolute Gasteiger partial charge is 0.377 e. The Labute approximate surface area is 158 Å². The zero-order valence-electron chi connectivity index (χ0n) is 14.2. The van der Waals surface area contributed by atoms with Crippen LogP contribution in [0.25, 0.3) is 0 Å². The van der Waals surface area contributed by atoms with Gasteiger partial charge in [0.1, 0.15) is 6.04 Å². The summed E-state index contributed by atoms with van der Waals surface area (Å²) in [5, 5.41) is 8.97. The lowest BCUT2D eigenvalue weighted by Gasteiger charge is -2.37. The number of carbonyl (C=O) groups excluding carboxylic acids is 1. The summed E-state index contributed by atoms with van der Waals surface area (Å²) in [6.07, 6.45) is 1.06. The summed E-state index contributed by atoms with van der Waals surface area (Å²) in [5.41, 5.74) is 0.442. The van der Waals surface area contributed by atoms with Gasteiger partial charge in [0.25, 0.3) is 5.91 Å². The van der Waals surface area contributed by atoms with Crippen LogP contribution in [0.3, 0.4) is 0 Å². The molecule has 1 aromatic carbocycles. The van der Waals surface area contributed by atoms with Crippen molar-refractivity contribution in [3.8, 4) is 6.07 Å². The lowest BCUT2D eigenvalue weighted by molar-refractivity contribution is 0.0498. The van der Waals surface area contributed by atoms with Crippen LogP contribution in [0.15, 0.2) is 24.3 Å². The number of likely N-dealkylation sites (tertiary alicyclic amines) is 1. The van der Waals surface area contributed by atoms with Gasteiger partial charge in [-0.1, -0.05) is 17.7 Å². The summed E-state index contributed by atoms with van der Waals surface area (Å²) in [7, 11) is -3.69. The van der Waals surface area contributed by atoms with Crippen LogP contribution in [0.2, 0.25) is 5.02 Å². The number of amides is 1. The number of hydrogen-bond acceptors (Lipinski definition) is 5. The lowest BCUT2D eigenvalue weighted by Crippen LogP contribution is -2.55. The molecular weight excluding hydrogens is 378 g/mol. The SMILES string of the molecule is N#CC1COCCN1S(=O)(=O)C1CCCN(C(=O)c2cccc(Cl)c2)C1. The van der Waals surface area contributed by atoms with E-state index in [-0.39, 0.29) is 32.2 Å². The number of hydrogen-bond donors (Lipinski definition) is 0. The van der Waals surface area contributed by atoms with Crippen LogP contribution < -0.4 is 0 Å². The maximum Gasteiger partial charge on any atom is 0.253 e. The number of carbonyl (C=O) groups is 1. The molecule has 0 aliphatic carbocycles. The first-order valence-corrected chi connectivity index (χ1v) is 10.3. The molecule has 2 fully saturated rings. The van der Waals surface area contributed by atoms with Gasteiger partial charge in [-0.25, -0.2) is 8.42 Å². The molecule has 3 rings (SSSR count). The fourth-order valence-electron chi connectivity index (χ4n) is 3.36. The van der Waals surface area contributed by atoms with Crippen LogP contribution in [0, 0.1) is 11.3 Å². The Bertz CT molecular complexity index is 824. The number of nitriles is 1. The summed E-state index contributed by atoms with van der Waals surface area (Å²) < 4.78 is 32.5. The number of ether oxygens (including phenoxy) is 1. The van der Waals surface area contributed by atoms with Gasteiger partial charge in [-0.3, -0.25) is 4.79 Å². The minimum atomic E-state index is -3.69. The minimum absolute atomic E-state index is 0.0770. The van der Waals surface area contributed by atoms with Crippen LogP contribution in [0.5, 0.6) is 0 Å². The van der Waals surface area contributed by atoms with Crippen molar-refractivity contribution in [3.05, 3.63) is 34.9 Å². The molecule has 1 aromatic rings. The number of benzene rings is 1. The van der Waals surface area contributed by atoms with E-state index in [1.807, 2.05) is 6.07 Å². The predicted molar refractivity (Wildman–Crippen MR) is 96.2 cm³/mol. The van der Waals surface area contributed by atoms with Gasteiger partial charge < -0.3 is 9.64 Å². The quantitative estimate of drug-likeness (QED) is 0.770. The summed E-state index contributed by atoms with van der Waals surface area (Å²) in [4.78, 5) is 14.3. The fourth-order valence-corrected chi connectivity index (χ4v) is 5.55. The maximum absolute atomic E-state index is 13.0. The summed E-state index contributed by atoms with van der Waals surface area (Å²) >= 11 is 5.95. The summed E-state index contributed by atoms with van der Waals surface area (Å²) in [6.45, 7) is 1.13. The Morgan fingerprint density at radius 1 is 1.35 bits per heavy atom. The van der Waals surface area contributed by atoms with Crippen LogP contribution in [0.1, 0.15) is 23.2 Å². The van der Waals surface area contributed by atoms with E-state index < -0.39 is 21.3 Å². The van der Waals surface area contributed by atoms with Gasteiger partial charge in [0.05, 0.1) is 24.5 Å². The van der Waals surface area contributed by atoms with E-state index in [0.717, 1.165) is 0 Å². The molecule has 0 radical (unpaired) electrons. The lowest BCUT2D eigenvalue weighted by atomic mass is 10.1. The van der Waals surface area contributed by atoms with Gasteiger partial charge in [-0.05, 0) is 31.0 Å². The molecule has 2 saturated heterocycles. The third-order valence-electron chi connectivity index (χ3n) is 4.71. The highest BCUT2D eigenvalue weighted by Gasteiger charge is 2.41. The second-order valence-corrected chi connectivity index (χ2v) is 9.00. The highest BCUT2D eigenvalue weighted by molar-refractivity contribution is 7.89. The average Bonchev–Trinajstić information content (AvgIpc) is 2.67. The molecule has 0 spiro atoms. The Kier molecular flexibility index (Phi) is 5.82. The smallest absolute Gasteiger partial charge is 0.253 e. The van der Waals surface area contributed by atoms with Crippen molar-refractivity contribution in [3.63, 3.8) is 0 Å². The van der Waals surface area contributed by atoms with Crippen LogP contribution >= 0.6 is 11.6 Å². The second kappa shape index (κ2) is 7.92. The molecule has 2 aliphatic rings. The third kappa shape index (κ3) is 3.86. The third-order valence-corrected chi connectivity index (χ3v) is 7.27. The molecule has 0 N–H and O–H groups in total. The van der Waals surface area contributed by atoms with E-state index in [1.54, 1.807) is 29.2 Å². The van der Waals surface area contributed by atoms with E-state index in [1.165, 1.54) is 4.31 Å². The van der Waals surface area contributed by atoms with Crippen molar-refractivity contribution < 1.29 is 17.9 Å². The Balaban J connectivity index is 1.77. The van der Waals surface area contributed by atoms with Crippen molar-refractivity contribution >= 4 is 27.5 Å². The average molecular weight is 398 g/mol. The standard InChI is InChI=1S/C17H20ClN3O4S/c18-14-4-1-3-13(9-14)17(22)20-6-2-5-16(11-20)26(23,24)21-7-8-25-12-15(21)10-19/h1,3-4,9,15-16H,2,5-8,11-12H2.